The predicted molar refractivity (Wildman–Crippen MR) is 71.4 cm³/mol. The highest BCUT2D eigenvalue weighted by Crippen LogP contribution is 2.07. The first-order chi connectivity index (χ1) is 9.19. The van der Waals surface area contributed by atoms with E-state index in [1.165, 1.54) is 7.05 Å². The number of benzene rings is 1. The van der Waals surface area contributed by atoms with Crippen molar-refractivity contribution in [2.24, 2.45) is 0 Å². The molecule has 5 heteroatoms. The molecule has 1 aromatic carbocycles. The monoisotopic (exact) mass is 260 g/mol. The lowest BCUT2D eigenvalue weighted by molar-refractivity contribution is -0.119. The van der Waals surface area contributed by atoms with Crippen LogP contribution in [0.4, 0.5) is 0 Å². The van der Waals surface area contributed by atoms with E-state index in [4.69, 9.17) is 5.11 Å². The van der Waals surface area contributed by atoms with Crippen LogP contribution >= 0.6 is 0 Å². The fourth-order valence-electron chi connectivity index (χ4n) is 1.35. The molecule has 0 radical (unpaired) electrons. The lowest BCUT2D eigenvalue weighted by Crippen LogP contribution is -2.35. The van der Waals surface area contributed by atoms with E-state index in [9.17, 15) is 9.59 Å². The third-order valence-corrected chi connectivity index (χ3v) is 2.32. The average Bonchev–Trinajstić information content (AvgIpc) is 2.45. The third-order valence-electron chi connectivity index (χ3n) is 2.32. The predicted octanol–water partition coefficient (Wildman–Crippen LogP) is -0.104. The number of aliphatic hydroxyl groups is 1. The van der Waals surface area contributed by atoms with Crippen LogP contribution in [0.5, 0.6) is 0 Å². The number of rotatable bonds is 4. The van der Waals surface area contributed by atoms with E-state index in [2.05, 4.69) is 22.5 Å². The highest BCUT2D eigenvalue weighted by molar-refractivity contribution is 5.98. The van der Waals surface area contributed by atoms with Gasteiger partial charge in [0.2, 0.25) is 5.91 Å². The molecule has 0 unspecified atom stereocenters. The largest absolute Gasteiger partial charge is 0.395 e. The standard InChI is InChI=1S/C14H16N2O3/c1-15-13(18)10-16-14(19)12-8-3-2-6-11(12)7-4-5-9-17/h2-3,6,8,17H,5,9-10H2,1H3,(H,15,18)(H,16,19). The summed E-state index contributed by atoms with van der Waals surface area (Å²) in [5.74, 6) is 4.97. The van der Waals surface area contributed by atoms with Gasteiger partial charge in [0, 0.05) is 19.0 Å². The molecule has 100 valence electrons. The van der Waals surface area contributed by atoms with Gasteiger partial charge in [0.25, 0.3) is 5.91 Å². The Hall–Kier alpha value is -2.32. The van der Waals surface area contributed by atoms with E-state index in [-0.39, 0.29) is 25.0 Å². The zero-order valence-corrected chi connectivity index (χ0v) is 10.7. The maximum atomic E-state index is 11.9. The van der Waals surface area contributed by atoms with Crippen molar-refractivity contribution in [1.82, 2.24) is 10.6 Å². The van der Waals surface area contributed by atoms with Gasteiger partial charge in [-0.2, -0.15) is 0 Å². The smallest absolute Gasteiger partial charge is 0.252 e. The molecule has 1 rings (SSSR count). The molecule has 0 aliphatic rings. The Balaban J connectivity index is 2.80. The number of carbonyl (C=O) groups excluding carboxylic acids is 2. The van der Waals surface area contributed by atoms with Crippen molar-refractivity contribution in [2.75, 3.05) is 20.2 Å². The van der Waals surface area contributed by atoms with Gasteiger partial charge in [0.1, 0.15) is 0 Å². The molecule has 0 spiro atoms. The lowest BCUT2D eigenvalue weighted by atomic mass is 10.1. The van der Waals surface area contributed by atoms with Gasteiger partial charge in [-0.3, -0.25) is 9.59 Å². The lowest BCUT2D eigenvalue weighted by Gasteiger charge is -2.06. The first-order valence-corrected chi connectivity index (χ1v) is 5.86. The van der Waals surface area contributed by atoms with Crippen molar-refractivity contribution < 1.29 is 14.7 Å². The van der Waals surface area contributed by atoms with Crippen LogP contribution in [0.2, 0.25) is 0 Å². The minimum Gasteiger partial charge on any atom is -0.395 e. The van der Waals surface area contributed by atoms with Crippen molar-refractivity contribution in [3.8, 4) is 11.8 Å². The molecule has 0 aliphatic carbocycles. The fourth-order valence-corrected chi connectivity index (χ4v) is 1.35. The van der Waals surface area contributed by atoms with Crippen molar-refractivity contribution in [3.63, 3.8) is 0 Å². The second kappa shape index (κ2) is 7.90. The number of nitrogens with one attached hydrogen (secondary N) is 2. The highest BCUT2D eigenvalue weighted by atomic mass is 16.2. The third kappa shape index (κ3) is 4.82. The summed E-state index contributed by atoms with van der Waals surface area (Å²) in [7, 11) is 1.50. The molecule has 0 fully saturated rings. The minimum absolute atomic E-state index is 0.0158. The van der Waals surface area contributed by atoms with Crippen LogP contribution < -0.4 is 10.6 Å². The molecule has 19 heavy (non-hydrogen) atoms. The molecule has 0 heterocycles. The van der Waals surface area contributed by atoms with Crippen molar-refractivity contribution in [2.45, 2.75) is 6.42 Å². The van der Waals surface area contributed by atoms with Gasteiger partial charge in [-0.25, -0.2) is 0 Å². The van der Waals surface area contributed by atoms with Crippen LogP contribution in [-0.4, -0.2) is 37.1 Å². The van der Waals surface area contributed by atoms with Crippen LogP contribution in [0, 0.1) is 11.8 Å². The summed E-state index contributed by atoms with van der Waals surface area (Å²) in [6.07, 6.45) is 0.355. The SMILES string of the molecule is CNC(=O)CNC(=O)c1ccccc1C#CCCO. The number of aliphatic hydroxyl groups excluding tert-OH is 1. The summed E-state index contributed by atoms with van der Waals surface area (Å²) in [5.41, 5.74) is 0.988. The molecular weight excluding hydrogens is 244 g/mol. The van der Waals surface area contributed by atoms with E-state index in [0.717, 1.165) is 0 Å². The van der Waals surface area contributed by atoms with Crippen LogP contribution in [0.1, 0.15) is 22.3 Å². The first-order valence-electron chi connectivity index (χ1n) is 5.86. The van der Waals surface area contributed by atoms with E-state index in [1.54, 1.807) is 24.3 Å². The minimum atomic E-state index is -0.350. The second-order valence-electron chi connectivity index (χ2n) is 3.68. The van der Waals surface area contributed by atoms with Gasteiger partial charge in [-0.05, 0) is 12.1 Å². The molecule has 0 aliphatic heterocycles. The number of carbonyl (C=O) groups is 2. The average molecular weight is 260 g/mol. The molecule has 0 bridgehead atoms. The first kappa shape index (κ1) is 14.7. The molecule has 2 amide bonds. The summed E-state index contributed by atoms with van der Waals surface area (Å²) >= 11 is 0. The van der Waals surface area contributed by atoms with E-state index < -0.39 is 0 Å². The van der Waals surface area contributed by atoms with Gasteiger partial charge in [-0.1, -0.05) is 24.0 Å². The van der Waals surface area contributed by atoms with E-state index in [0.29, 0.717) is 17.5 Å². The Labute approximate surface area is 112 Å². The normalized spacial score (nSPS) is 9.16. The molecule has 0 saturated carbocycles. The quantitative estimate of drug-likeness (QED) is 0.661. The van der Waals surface area contributed by atoms with Gasteiger partial charge < -0.3 is 15.7 Å². The summed E-state index contributed by atoms with van der Waals surface area (Å²) in [4.78, 5) is 23.0. The van der Waals surface area contributed by atoms with Gasteiger partial charge in [-0.15, -0.1) is 0 Å². The molecule has 5 nitrogen and oxygen atoms in total. The van der Waals surface area contributed by atoms with Crippen molar-refractivity contribution >= 4 is 11.8 Å². The summed E-state index contributed by atoms with van der Waals surface area (Å²) in [6.45, 7) is -0.0915. The second-order valence-corrected chi connectivity index (χ2v) is 3.68. The Morgan fingerprint density at radius 3 is 2.74 bits per heavy atom. The summed E-state index contributed by atoms with van der Waals surface area (Å²) < 4.78 is 0. The number of amides is 2. The summed E-state index contributed by atoms with van der Waals surface area (Å²) in [5, 5.41) is 13.6. The Morgan fingerprint density at radius 1 is 1.32 bits per heavy atom. The molecular formula is C14H16N2O3. The molecule has 0 aromatic heterocycles. The van der Waals surface area contributed by atoms with Crippen LogP contribution in [-0.2, 0) is 4.79 Å². The molecule has 1 aromatic rings. The van der Waals surface area contributed by atoms with Gasteiger partial charge in [0.15, 0.2) is 0 Å². The Bertz CT molecular complexity index is 515. The highest BCUT2D eigenvalue weighted by Gasteiger charge is 2.10. The molecule has 0 saturated heterocycles. The van der Waals surface area contributed by atoms with Gasteiger partial charge in [0.05, 0.1) is 18.7 Å². The van der Waals surface area contributed by atoms with E-state index in [1.807, 2.05) is 0 Å². The molecule has 0 atom stereocenters. The zero-order valence-electron chi connectivity index (χ0n) is 10.7. The van der Waals surface area contributed by atoms with Crippen LogP contribution in [0.15, 0.2) is 24.3 Å². The van der Waals surface area contributed by atoms with Crippen molar-refractivity contribution in [1.29, 1.82) is 0 Å². The van der Waals surface area contributed by atoms with E-state index >= 15 is 0 Å². The van der Waals surface area contributed by atoms with Crippen molar-refractivity contribution in [3.05, 3.63) is 35.4 Å². The van der Waals surface area contributed by atoms with Gasteiger partial charge >= 0.3 is 0 Å². The molecule has 3 N–H and O–H groups in total. The fraction of sp³-hybridized carbons (Fsp3) is 0.286. The number of likely N-dealkylation sites (N-methyl/N-ethyl adjacent to an activating group) is 1. The topological polar surface area (TPSA) is 78.4 Å². The maximum Gasteiger partial charge on any atom is 0.252 e. The van der Waals surface area contributed by atoms with Crippen LogP contribution in [0.3, 0.4) is 0 Å². The summed E-state index contributed by atoms with van der Waals surface area (Å²) in [6, 6.07) is 6.87. The Kier molecular flexibility index (Phi) is 6.13. The maximum absolute atomic E-state index is 11.9. The zero-order chi connectivity index (χ0) is 14.1. The number of hydrogen-bond acceptors (Lipinski definition) is 3. The number of hydrogen-bond donors (Lipinski definition) is 3. The van der Waals surface area contributed by atoms with Crippen LogP contribution in [0.25, 0.3) is 0 Å². The Morgan fingerprint density at radius 2 is 2.05 bits per heavy atom.